The van der Waals surface area contributed by atoms with E-state index in [4.69, 9.17) is 4.42 Å². The first kappa shape index (κ1) is 19.2. The molecule has 0 spiro atoms. The number of anilines is 2. The third-order valence-electron chi connectivity index (χ3n) is 5.28. The van der Waals surface area contributed by atoms with E-state index in [2.05, 4.69) is 10.6 Å². The summed E-state index contributed by atoms with van der Waals surface area (Å²) >= 11 is 0. The molecule has 1 saturated carbocycles. The van der Waals surface area contributed by atoms with E-state index in [0.29, 0.717) is 16.8 Å². The summed E-state index contributed by atoms with van der Waals surface area (Å²) in [5, 5.41) is 6.92. The summed E-state index contributed by atoms with van der Waals surface area (Å²) in [6, 6.07) is 13.4. The summed E-state index contributed by atoms with van der Waals surface area (Å²) in [6.45, 7) is 0. The Morgan fingerprint density at radius 1 is 1.03 bits per heavy atom. The van der Waals surface area contributed by atoms with E-state index in [1.54, 1.807) is 24.3 Å². The highest BCUT2D eigenvalue weighted by molar-refractivity contribution is 6.02. The monoisotopic (exact) mass is 394 g/mol. The van der Waals surface area contributed by atoms with Crippen LogP contribution in [0.15, 0.2) is 57.7 Å². The Morgan fingerprint density at radius 3 is 2.62 bits per heavy atom. The van der Waals surface area contributed by atoms with Crippen LogP contribution in [0.5, 0.6) is 0 Å². The molecule has 3 aromatic rings. The molecule has 150 valence electrons. The molecule has 0 bridgehead atoms. The second kappa shape index (κ2) is 8.47. The van der Waals surface area contributed by atoms with E-state index in [1.807, 2.05) is 12.1 Å². The molecular formula is C23H23FN2O3. The van der Waals surface area contributed by atoms with Gasteiger partial charge in [-0.2, -0.15) is 0 Å². The van der Waals surface area contributed by atoms with Crippen molar-refractivity contribution in [3.8, 4) is 0 Å². The second-order valence-electron chi connectivity index (χ2n) is 7.47. The highest BCUT2D eigenvalue weighted by Gasteiger charge is 2.21. The highest BCUT2D eigenvalue weighted by atomic mass is 19.1. The molecule has 0 saturated heterocycles. The maximum atomic E-state index is 13.4. The Labute approximate surface area is 167 Å². The highest BCUT2D eigenvalue weighted by Crippen LogP contribution is 2.31. The van der Waals surface area contributed by atoms with Gasteiger partial charge in [-0.1, -0.05) is 43.5 Å². The fraction of sp³-hybridized carbons (Fsp3) is 0.304. The van der Waals surface area contributed by atoms with Gasteiger partial charge in [0.05, 0.1) is 12.1 Å². The first-order valence-electron chi connectivity index (χ1n) is 9.97. The molecule has 4 rings (SSSR count). The Kier molecular flexibility index (Phi) is 5.60. The van der Waals surface area contributed by atoms with Crippen LogP contribution in [-0.2, 0) is 11.2 Å². The lowest BCUT2D eigenvalue weighted by molar-refractivity contribution is -0.115. The van der Waals surface area contributed by atoms with Gasteiger partial charge in [0.15, 0.2) is 5.69 Å². The van der Waals surface area contributed by atoms with Crippen molar-refractivity contribution in [2.45, 2.75) is 44.6 Å². The van der Waals surface area contributed by atoms with Crippen molar-refractivity contribution < 1.29 is 13.6 Å². The summed E-state index contributed by atoms with van der Waals surface area (Å²) in [6.07, 6.45) is 5.49. The van der Waals surface area contributed by atoms with Crippen LogP contribution >= 0.6 is 0 Å². The molecule has 1 aliphatic carbocycles. The van der Waals surface area contributed by atoms with Crippen molar-refractivity contribution in [2.24, 2.45) is 0 Å². The number of benzene rings is 2. The number of amides is 1. The van der Waals surface area contributed by atoms with Gasteiger partial charge in [0.1, 0.15) is 11.4 Å². The van der Waals surface area contributed by atoms with Crippen molar-refractivity contribution in [1.29, 1.82) is 0 Å². The minimum atomic E-state index is -0.602. The maximum absolute atomic E-state index is 13.4. The molecular weight excluding hydrogens is 371 g/mol. The Bertz CT molecular complexity index is 1090. The van der Waals surface area contributed by atoms with Crippen LogP contribution in [0.2, 0.25) is 0 Å². The van der Waals surface area contributed by atoms with Crippen molar-refractivity contribution in [2.75, 3.05) is 10.6 Å². The number of rotatable bonds is 5. The van der Waals surface area contributed by atoms with Crippen LogP contribution in [0.4, 0.5) is 15.8 Å². The first-order valence-corrected chi connectivity index (χ1v) is 9.97. The summed E-state index contributed by atoms with van der Waals surface area (Å²) < 4.78 is 18.8. The number of halogens is 1. The van der Waals surface area contributed by atoms with Gasteiger partial charge in [-0.05, 0) is 42.7 Å². The number of carbonyl (C=O) groups is 1. The molecule has 2 N–H and O–H groups in total. The number of nitrogens with one attached hydrogen (secondary N) is 2. The van der Waals surface area contributed by atoms with Gasteiger partial charge in [-0.25, -0.2) is 9.18 Å². The largest absolute Gasteiger partial charge is 0.421 e. The molecule has 1 heterocycles. The van der Waals surface area contributed by atoms with Crippen LogP contribution in [0.3, 0.4) is 0 Å². The Hall–Kier alpha value is -3.15. The van der Waals surface area contributed by atoms with Gasteiger partial charge < -0.3 is 15.1 Å². The molecule has 1 aliphatic rings. The lowest BCUT2D eigenvalue weighted by Gasteiger charge is -2.25. The van der Waals surface area contributed by atoms with Crippen LogP contribution < -0.4 is 16.3 Å². The smallest absolute Gasteiger partial charge is 0.362 e. The lowest BCUT2D eigenvalue weighted by Crippen LogP contribution is -2.26. The second-order valence-corrected chi connectivity index (χ2v) is 7.47. The van der Waals surface area contributed by atoms with Crippen molar-refractivity contribution in [3.63, 3.8) is 0 Å². The summed E-state index contributed by atoms with van der Waals surface area (Å²) in [4.78, 5) is 25.2. The quantitative estimate of drug-likeness (QED) is 0.607. The van der Waals surface area contributed by atoms with Gasteiger partial charge in [0.2, 0.25) is 5.91 Å². The standard InChI is InChI=1S/C23H23FN2O3/c24-16-8-6-7-15(13-16)14-20(27)26-22-21(25-17-9-2-1-3-10-17)18-11-4-5-12-19(18)29-23(22)28/h4-8,11-13,17,25H,1-3,9-10,14H2,(H,26,27). The molecule has 6 heteroatoms. The van der Waals surface area contributed by atoms with Crippen molar-refractivity contribution in [1.82, 2.24) is 0 Å². The number of hydrogen-bond acceptors (Lipinski definition) is 4. The van der Waals surface area contributed by atoms with E-state index >= 15 is 0 Å². The summed E-state index contributed by atoms with van der Waals surface area (Å²) in [5.74, 6) is -0.801. The summed E-state index contributed by atoms with van der Waals surface area (Å²) in [5.41, 5.74) is 1.11. The van der Waals surface area contributed by atoms with Gasteiger partial charge in [0.25, 0.3) is 0 Å². The number of para-hydroxylation sites is 1. The average molecular weight is 394 g/mol. The molecule has 2 aromatic carbocycles. The molecule has 0 aliphatic heterocycles. The lowest BCUT2D eigenvalue weighted by atomic mass is 9.95. The zero-order valence-electron chi connectivity index (χ0n) is 16.0. The predicted octanol–water partition coefficient (Wildman–Crippen LogP) is 4.86. The molecule has 1 amide bonds. The molecule has 0 radical (unpaired) electrons. The van der Waals surface area contributed by atoms with Crippen LogP contribution in [0.25, 0.3) is 11.0 Å². The SMILES string of the molecule is O=C(Cc1cccc(F)c1)Nc1c(NC2CCCCC2)c2ccccc2oc1=O. The van der Waals surface area contributed by atoms with Crippen molar-refractivity contribution in [3.05, 3.63) is 70.3 Å². The topological polar surface area (TPSA) is 71.3 Å². The van der Waals surface area contributed by atoms with Crippen molar-refractivity contribution >= 4 is 28.3 Å². The zero-order valence-corrected chi connectivity index (χ0v) is 16.0. The van der Waals surface area contributed by atoms with E-state index in [0.717, 1.165) is 31.1 Å². The fourth-order valence-corrected chi connectivity index (χ4v) is 3.88. The van der Waals surface area contributed by atoms with Gasteiger partial charge >= 0.3 is 5.63 Å². The maximum Gasteiger partial charge on any atom is 0.362 e. The average Bonchev–Trinajstić information content (AvgIpc) is 2.71. The zero-order chi connectivity index (χ0) is 20.2. The van der Waals surface area contributed by atoms with Gasteiger partial charge in [0, 0.05) is 11.4 Å². The van der Waals surface area contributed by atoms with Crippen LogP contribution in [-0.4, -0.2) is 11.9 Å². The normalized spacial score (nSPS) is 14.7. The third kappa shape index (κ3) is 4.47. The third-order valence-corrected chi connectivity index (χ3v) is 5.28. The molecule has 1 aromatic heterocycles. The summed E-state index contributed by atoms with van der Waals surface area (Å²) in [7, 11) is 0. The number of hydrogen-bond donors (Lipinski definition) is 2. The van der Waals surface area contributed by atoms with Crippen LogP contribution in [0.1, 0.15) is 37.7 Å². The van der Waals surface area contributed by atoms with E-state index in [9.17, 15) is 14.0 Å². The molecule has 1 fully saturated rings. The van der Waals surface area contributed by atoms with Crippen LogP contribution in [0, 0.1) is 5.82 Å². The first-order chi connectivity index (χ1) is 14.1. The Morgan fingerprint density at radius 2 is 1.83 bits per heavy atom. The van der Waals surface area contributed by atoms with Gasteiger partial charge in [-0.3, -0.25) is 4.79 Å². The van der Waals surface area contributed by atoms with E-state index < -0.39 is 17.3 Å². The Balaban J connectivity index is 1.66. The van der Waals surface area contributed by atoms with E-state index in [-0.39, 0.29) is 18.2 Å². The van der Waals surface area contributed by atoms with E-state index in [1.165, 1.54) is 18.6 Å². The minimum Gasteiger partial charge on any atom is -0.421 e. The molecule has 5 nitrogen and oxygen atoms in total. The van der Waals surface area contributed by atoms with Gasteiger partial charge in [-0.15, -0.1) is 0 Å². The molecule has 0 atom stereocenters. The fourth-order valence-electron chi connectivity index (χ4n) is 3.88. The predicted molar refractivity (Wildman–Crippen MR) is 112 cm³/mol. The molecule has 0 unspecified atom stereocenters. The number of fused-ring (bicyclic) bond motifs is 1. The minimum absolute atomic E-state index is 0.0348. The number of carbonyl (C=O) groups excluding carboxylic acids is 1. The molecule has 29 heavy (non-hydrogen) atoms.